The molecule has 178 valence electrons. The molecule has 0 saturated heterocycles. The summed E-state index contributed by atoms with van der Waals surface area (Å²) in [4.78, 5) is 35.1. The quantitative estimate of drug-likeness (QED) is 0.466. The van der Waals surface area contributed by atoms with Gasteiger partial charge in [-0.05, 0) is 44.0 Å². The molecular formula is C24H30N2O7. The molecule has 0 bridgehead atoms. The average Bonchev–Trinajstić information content (AvgIpc) is 2.75. The lowest BCUT2D eigenvalue weighted by atomic mass is 10.1. The molecule has 9 nitrogen and oxygen atoms in total. The van der Waals surface area contributed by atoms with E-state index in [1.807, 2.05) is 18.2 Å². The number of aliphatic carboxylic acids is 1. The summed E-state index contributed by atoms with van der Waals surface area (Å²) in [5.74, 6) is -0.605. The summed E-state index contributed by atoms with van der Waals surface area (Å²) in [5.41, 5.74) is 0.934. The predicted molar refractivity (Wildman–Crippen MR) is 121 cm³/mol. The molecule has 0 radical (unpaired) electrons. The van der Waals surface area contributed by atoms with Crippen LogP contribution in [0.3, 0.4) is 0 Å². The standard InChI is InChI=1S/C24H30N2O7/c1-24(2,3)33-22(29)25-13-14-31-19-11-9-17(10-12-19)15-20(21(27)28)26-23(30)32-16-18-7-5-4-6-8-18/h4-12,20H,13-16H2,1-3H3,(H,25,29)(H,26,30)(H,27,28). The Bertz CT molecular complexity index is 909. The van der Waals surface area contributed by atoms with Gasteiger partial charge in [-0.25, -0.2) is 14.4 Å². The SMILES string of the molecule is CC(C)(C)OC(=O)NCCOc1ccc(CC(NC(=O)OCc2ccccc2)C(=O)O)cc1. The highest BCUT2D eigenvalue weighted by molar-refractivity contribution is 5.80. The summed E-state index contributed by atoms with van der Waals surface area (Å²) >= 11 is 0. The molecule has 2 amide bonds. The number of carboxylic acid groups (broad SMARTS) is 1. The third-order valence-electron chi connectivity index (χ3n) is 4.21. The highest BCUT2D eigenvalue weighted by Crippen LogP contribution is 2.14. The molecule has 0 aliphatic rings. The largest absolute Gasteiger partial charge is 0.492 e. The minimum Gasteiger partial charge on any atom is -0.492 e. The first-order valence-corrected chi connectivity index (χ1v) is 10.5. The molecule has 0 spiro atoms. The average molecular weight is 459 g/mol. The third kappa shape index (κ3) is 10.4. The van der Waals surface area contributed by atoms with E-state index in [2.05, 4.69) is 10.6 Å². The summed E-state index contributed by atoms with van der Waals surface area (Å²) in [7, 11) is 0. The van der Waals surface area contributed by atoms with E-state index in [0.717, 1.165) is 5.56 Å². The lowest BCUT2D eigenvalue weighted by molar-refractivity contribution is -0.139. The van der Waals surface area contributed by atoms with Crippen molar-refractivity contribution in [1.29, 1.82) is 0 Å². The van der Waals surface area contributed by atoms with Crippen molar-refractivity contribution < 1.29 is 33.7 Å². The molecular weight excluding hydrogens is 428 g/mol. The van der Waals surface area contributed by atoms with E-state index in [1.54, 1.807) is 57.2 Å². The number of rotatable bonds is 10. The van der Waals surface area contributed by atoms with Crippen LogP contribution in [0.4, 0.5) is 9.59 Å². The zero-order valence-electron chi connectivity index (χ0n) is 19.0. The number of carboxylic acids is 1. The predicted octanol–water partition coefficient (Wildman–Crippen LogP) is 3.51. The topological polar surface area (TPSA) is 123 Å². The zero-order valence-corrected chi connectivity index (χ0v) is 19.0. The summed E-state index contributed by atoms with van der Waals surface area (Å²) < 4.78 is 15.8. The number of nitrogens with one attached hydrogen (secondary N) is 2. The van der Waals surface area contributed by atoms with Crippen LogP contribution in [0, 0.1) is 0 Å². The molecule has 1 atom stereocenters. The van der Waals surface area contributed by atoms with Gasteiger partial charge in [0.2, 0.25) is 0 Å². The lowest BCUT2D eigenvalue weighted by Crippen LogP contribution is -2.42. The lowest BCUT2D eigenvalue weighted by Gasteiger charge is -2.19. The van der Waals surface area contributed by atoms with E-state index < -0.39 is 29.8 Å². The van der Waals surface area contributed by atoms with Crippen LogP contribution in [0.15, 0.2) is 54.6 Å². The van der Waals surface area contributed by atoms with E-state index in [-0.39, 0.29) is 26.2 Å². The van der Waals surface area contributed by atoms with Crippen molar-refractivity contribution in [2.75, 3.05) is 13.2 Å². The van der Waals surface area contributed by atoms with Crippen molar-refractivity contribution in [2.45, 2.75) is 45.4 Å². The Morgan fingerprint density at radius 1 is 0.939 bits per heavy atom. The van der Waals surface area contributed by atoms with E-state index in [9.17, 15) is 19.5 Å². The molecule has 1 unspecified atom stereocenters. The van der Waals surface area contributed by atoms with Gasteiger partial charge < -0.3 is 30.0 Å². The monoisotopic (exact) mass is 458 g/mol. The molecule has 2 rings (SSSR count). The maximum Gasteiger partial charge on any atom is 0.408 e. The second kappa shape index (κ2) is 12.3. The first-order valence-electron chi connectivity index (χ1n) is 10.5. The van der Waals surface area contributed by atoms with Crippen molar-refractivity contribution >= 4 is 18.2 Å². The Kier molecular flexibility index (Phi) is 9.53. The minimum atomic E-state index is -1.17. The molecule has 3 N–H and O–H groups in total. The minimum absolute atomic E-state index is 0.0494. The first kappa shape index (κ1) is 25.5. The molecule has 9 heteroatoms. The van der Waals surface area contributed by atoms with E-state index in [1.165, 1.54) is 0 Å². The Labute approximate surface area is 193 Å². The van der Waals surface area contributed by atoms with Crippen LogP contribution in [0.25, 0.3) is 0 Å². The van der Waals surface area contributed by atoms with Crippen LogP contribution in [0.2, 0.25) is 0 Å². The van der Waals surface area contributed by atoms with E-state index >= 15 is 0 Å². The third-order valence-corrected chi connectivity index (χ3v) is 4.21. The molecule has 0 aromatic heterocycles. The van der Waals surface area contributed by atoms with Gasteiger partial charge in [-0.1, -0.05) is 42.5 Å². The van der Waals surface area contributed by atoms with Crippen LogP contribution in [0.1, 0.15) is 31.9 Å². The van der Waals surface area contributed by atoms with Gasteiger partial charge in [0.25, 0.3) is 0 Å². The van der Waals surface area contributed by atoms with E-state index in [0.29, 0.717) is 11.3 Å². The van der Waals surface area contributed by atoms with Gasteiger partial charge in [-0.15, -0.1) is 0 Å². The molecule has 0 saturated carbocycles. The van der Waals surface area contributed by atoms with Gasteiger partial charge in [0.1, 0.15) is 30.6 Å². The maximum absolute atomic E-state index is 12.0. The number of carbonyl (C=O) groups excluding carboxylic acids is 2. The highest BCUT2D eigenvalue weighted by atomic mass is 16.6. The highest BCUT2D eigenvalue weighted by Gasteiger charge is 2.21. The van der Waals surface area contributed by atoms with Gasteiger partial charge in [0, 0.05) is 6.42 Å². The van der Waals surface area contributed by atoms with Crippen LogP contribution < -0.4 is 15.4 Å². The Morgan fingerprint density at radius 3 is 2.21 bits per heavy atom. The molecule has 33 heavy (non-hydrogen) atoms. The van der Waals surface area contributed by atoms with Crippen LogP contribution in [-0.4, -0.2) is 48.1 Å². The van der Waals surface area contributed by atoms with Crippen LogP contribution in [-0.2, 0) is 27.3 Å². The number of benzene rings is 2. The van der Waals surface area contributed by atoms with Gasteiger partial charge >= 0.3 is 18.2 Å². The van der Waals surface area contributed by atoms with Crippen molar-refractivity contribution in [2.24, 2.45) is 0 Å². The number of hydrogen-bond acceptors (Lipinski definition) is 6. The smallest absolute Gasteiger partial charge is 0.408 e. The van der Waals surface area contributed by atoms with Gasteiger partial charge in [0.05, 0.1) is 6.54 Å². The summed E-state index contributed by atoms with van der Waals surface area (Å²) in [6.07, 6.45) is -1.24. The first-order chi connectivity index (χ1) is 15.6. The molecule has 2 aromatic carbocycles. The molecule has 0 aliphatic heterocycles. The fraction of sp³-hybridized carbons (Fsp3) is 0.375. The van der Waals surface area contributed by atoms with Gasteiger partial charge in [-0.2, -0.15) is 0 Å². The number of carbonyl (C=O) groups is 3. The number of hydrogen-bond donors (Lipinski definition) is 3. The Hall–Kier alpha value is -3.75. The second-order valence-corrected chi connectivity index (χ2v) is 8.22. The van der Waals surface area contributed by atoms with Crippen LogP contribution >= 0.6 is 0 Å². The normalized spacial score (nSPS) is 11.7. The van der Waals surface area contributed by atoms with Crippen LogP contribution in [0.5, 0.6) is 5.75 Å². The van der Waals surface area contributed by atoms with E-state index in [4.69, 9.17) is 14.2 Å². The van der Waals surface area contributed by atoms with Crippen molar-refractivity contribution in [3.05, 3.63) is 65.7 Å². The summed E-state index contributed by atoms with van der Waals surface area (Å²) in [5, 5.41) is 14.4. The molecule has 0 aliphatic carbocycles. The molecule has 0 fully saturated rings. The molecule has 2 aromatic rings. The van der Waals surface area contributed by atoms with Crippen molar-refractivity contribution in [1.82, 2.24) is 10.6 Å². The number of alkyl carbamates (subject to hydrolysis) is 2. The summed E-state index contributed by atoms with van der Waals surface area (Å²) in [6, 6.07) is 14.8. The van der Waals surface area contributed by atoms with Crippen molar-refractivity contribution in [3.8, 4) is 5.75 Å². The fourth-order valence-electron chi connectivity index (χ4n) is 2.70. The Morgan fingerprint density at radius 2 is 1.61 bits per heavy atom. The maximum atomic E-state index is 12.0. The van der Waals surface area contributed by atoms with Crippen molar-refractivity contribution in [3.63, 3.8) is 0 Å². The second-order valence-electron chi connectivity index (χ2n) is 8.22. The number of amides is 2. The van der Waals surface area contributed by atoms with Gasteiger partial charge in [0.15, 0.2) is 0 Å². The van der Waals surface area contributed by atoms with Gasteiger partial charge in [-0.3, -0.25) is 0 Å². The Balaban J connectivity index is 1.76. The molecule has 0 heterocycles. The summed E-state index contributed by atoms with van der Waals surface area (Å²) in [6.45, 7) is 5.90. The number of ether oxygens (including phenoxy) is 3. The zero-order chi connectivity index (χ0) is 24.3. The fourth-order valence-corrected chi connectivity index (χ4v) is 2.70.